The van der Waals surface area contributed by atoms with E-state index in [1.54, 1.807) is 36.4 Å². The van der Waals surface area contributed by atoms with Crippen LogP contribution in [0, 0.1) is 0 Å². The summed E-state index contributed by atoms with van der Waals surface area (Å²) >= 11 is 0. The van der Waals surface area contributed by atoms with Crippen molar-refractivity contribution in [2.75, 3.05) is 0 Å². The van der Waals surface area contributed by atoms with E-state index in [-0.39, 0.29) is 22.3 Å². The summed E-state index contributed by atoms with van der Waals surface area (Å²) in [6.45, 7) is 0. The van der Waals surface area contributed by atoms with Gasteiger partial charge >= 0.3 is 23.9 Å². The van der Waals surface area contributed by atoms with Gasteiger partial charge in [0.1, 0.15) is 0 Å². The van der Waals surface area contributed by atoms with Crippen molar-refractivity contribution in [2.24, 2.45) is 0 Å². The van der Waals surface area contributed by atoms with Gasteiger partial charge in [0.05, 0.1) is 33.6 Å². The van der Waals surface area contributed by atoms with Crippen molar-refractivity contribution in [1.82, 2.24) is 4.98 Å². The number of carbonyl (C=O) groups is 4. The Morgan fingerprint density at radius 2 is 0.750 bits per heavy atom. The number of carboxylic acids is 4. The topological polar surface area (TPSA) is 162 Å². The number of rotatable bonds is 7. The molecule has 3 aromatic carbocycles. The number of carboxylic acid groups (broad SMARTS) is 4. The van der Waals surface area contributed by atoms with E-state index in [0.717, 1.165) is 6.07 Å². The van der Waals surface area contributed by atoms with E-state index in [9.17, 15) is 39.6 Å². The number of aromatic carboxylic acids is 4. The fourth-order valence-corrected chi connectivity index (χ4v) is 3.60. The molecule has 0 spiro atoms. The standard InChI is InChI=1S/C27H17NO8/c29-24(30)16-5-1-14(2-6-16)22-12-19(18-9-20(26(33)34)11-21(10-18)27(35)36)13-23(28-22)15-3-7-17(8-4-15)25(31)32/h1-13H,(H,29,30)(H,31,32)(H,33,34)(H,35,36). The highest BCUT2D eigenvalue weighted by atomic mass is 16.4. The molecule has 0 aliphatic rings. The number of nitrogens with zero attached hydrogens (tertiary/aromatic N) is 1. The fraction of sp³-hybridized carbons (Fsp3) is 0. The van der Waals surface area contributed by atoms with Gasteiger partial charge in [-0.25, -0.2) is 24.2 Å². The van der Waals surface area contributed by atoms with Crippen LogP contribution in [0.3, 0.4) is 0 Å². The molecule has 9 nitrogen and oxygen atoms in total. The number of hydrogen-bond acceptors (Lipinski definition) is 5. The zero-order valence-corrected chi connectivity index (χ0v) is 18.4. The predicted molar refractivity (Wildman–Crippen MR) is 128 cm³/mol. The van der Waals surface area contributed by atoms with Crippen LogP contribution in [0.2, 0.25) is 0 Å². The quantitative estimate of drug-likeness (QED) is 0.287. The van der Waals surface area contributed by atoms with Gasteiger partial charge in [-0.3, -0.25) is 0 Å². The smallest absolute Gasteiger partial charge is 0.335 e. The monoisotopic (exact) mass is 483 g/mol. The Labute approximate surface area is 203 Å². The van der Waals surface area contributed by atoms with Crippen LogP contribution in [-0.4, -0.2) is 49.3 Å². The van der Waals surface area contributed by atoms with Crippen molar-refractivity contribution >= 4 is 23.9 Å². The average Bonchev–Trinajstić information content (AvgIpc) is 2.88. The summed E-state index contributed by atoms with van der Waals surface area (Å²) in [5.41, 5.74) is 2.50. The predicted octanol–water partition coefficient (Wildman–Crippen LogP) is 4.88. The molecule has 0 unspecified atom stereocenters. The Hall–Kier alpha value is -5.31. The summed E-state index contributed by atoms with van der Waals surface area (Å²) in [5, 5.41) is 37.3. The molecule has 1 aromatic heterocycles. The van der Waals surface area contributed by atoms with Gasteiger partial charge in [-0.1, -0.05) is 24.3 Å². The van der Waals surface area contributed by atoms with Crippen LogP contribution < -0.4 is 0 Å². The molecular weight excluding hydrogens is 466 g/mol. The van der Waals surface area contributed by atoms with Crippen molar-refractivity contribution in [3.63, 3.8) is 0 Å². The first-order valence-corrected chi connectivity index (χ1v) is 10.4. The number of aromatic nitrogens is 1. The van der Waals surface area contributed by atoms with Crippen LogP contribution in [0.15, 0.2) is 78.9 Å². The molecule has 0 saturated heterocycles. The number of hydrogen-bond donors (Lipinski definition) is 4. The maximum absolute atomic E-state index is 11.6. The molecule has 0 aliphatic heterocycles. The van der Waals surface area contributed by atoms with Gasteiger partial charge in [0, 0.05) is 11.1 Å². The van der Waals surface area contributed by atoms with Gasteiger partial charge < -0.3 is 20.4 Å². The second-order valence-corrected chi connectivity index (χ2v) is 7.80. The van der Waals surface area contributed by atoms with E-state index in [4.69, 9.17) is 0 Å². The Kier molecular flexibility index (Phi) is 6.30. The largest absolute Gasteiger partial charge is 0.478 e. The van der Waals surface area contributed by atoms with Crippen LogP contribution in [0.5, 0.6) is 0 Å². The minimum Gasteiger partial charge on any atom is -0.478 e. The highest BCUT2D eigenvalue weighted by Gasteiger charge is 2.15. The first-order chi connectivity index (χ1) is 17.1. The number of pyridine rings is 1. The van der Waals surface area contributed by atoms with Crippen molar-refractivity contribution in [2.45, 2.75) is 0 Å². The molecule has 4 aromatic rings. The second kappa shape index (κ2) is 9.51. The van der Waals surface area contributed by atoms with Crippen molar-refractivity contribution in [3.8, 4) is 33.6 Å². The van der Waals surface area contributed by atoms with Gasteiger partial charge in [-0.15, -0.1) is 0 Å². The first kappa shape index (κ1) is 23.8. The zero-order valence-electron chi connectivity index (χ0n) is 18.4. The third kappa shape index (κ3) is 4.95. The molecule has 0 saturated carbocycles. The van der Waals surface area contributed by atoms with Crippen LogP contribution in [0.25, 0.3) is 33.6 Å². The molecular formula is C27H17NO8. The van der Waals surface area contributed by atoms with Gasteiger partial charge in [-0.05, 0) is 65.7 Å². The number of benzene rings is 3. The van der Waals surface area contributed by atoms with Gasteiger partial charge in [0.2, 0.25) is 0 Å². The second-order valence-electron chi connectivity index (χ2n) is 7.80. The summed E-state index contributed by atoms with van der Waals surface area (Å²) in [5.74, 6) is -4.76. The lowest BCUT2D eigenvalue weighted by molar-refractivity contribution is 0.0680. The average molecular weight is 483 g/mol. The lowest BCUT2D eigenvalue weighted by Crippen LogP contribution is -2.03. The van der Waals surface area contributed by atoms with Gasteiger partial charge in [0.15, 0.2) is 0 Å². The van der Waals surface area contributed by atoms with Crippen molar-refractivity contribution in [3.05, 3.63) is 101 Å². The highest BCUT2D eigenvalue weighted by molar-refractivity contribution is 5.96. The minimum absolute atomic E-state index is 0.0830. The molecule has 178 valence electrons. The first-order valence-electron chi connectivity index (χ1n) is 10.4. The van der Waals surface area contributed by atoms with Crippen LogP contribution in [0.4, 0.5) is 0 Å². The van der Waals surface area contributed by atoms with E-state index >= 15 is 0 Å². The van der Waals surface area contributed by atoms with Gasteiger partial charge in [-0.2, -0.15) is 0 Å². The lowest BCUT2D eigenvalue weighted by atomic mass is 9.96. The molecule has 1 heterocycles. The van der Waals surface area contributed by atoms with E-state index in [0.29, 0.717) is 33.6 Å². The Morgan fingerprint density at radius 3 is 1.08 bits per heavy atom. The summed E-state index contributed by atoms with van der Waals surface area (Å²) < 4.78 is 0. The van der Waals surface area contributed by atoms with Crippen LogP contribution in [0.1, 0.15) is 41.4 Å². The van der Waals surface area contributed by atoms with E-state index in [2.05, 4.69) is 4.98 Å². The summed E-state index contributed by atoms with van der Waals surface area (Å²) in [7, 11) is 0. The molecule has 0 atom stereocenters. The maximum Gasteiger partial charge on any atom is 0.335 e. The third-order valence-electron chi connectivity index (χ3n) is 5.44. The summed E-state index contributed by atoms with van der Waals surface area (Å²) in [6.07, 6.45) is 0. The Bertz CT molecular complexity index is 1410. The third-order valence-corrected chi connectivity index (χ3v) is 5.44. The van der Waals surface area contributed by atoms with Crippen LogP contribution in [-0.2, 0) is 0 Å². The fourth-order valence-electron chi connectivity index (χ4n) is 3.60. The SMILES string of the molecule is O=C(O)c1ccc(-c2cc(-c3cc(C(=O)O)cc(C(=O)O)c3)cc(-c3ccc(C(=O)O)cc3)n2)cc1. The summed E-state index contributed by atoms with van der Waals surface area (Å²) in [6, 6.07) is 19.0. The van der Waals surface area contributed by atoms with E-state index in [1.165, 1.54) is 36.4 Å². The molecule has 9 heteroatoms. The highest BCUT2D eigenvalue weighted by Crippen LogP contribution is 2.32. The van der Waals surface area contributed by atoms with Crippen molar-refractivity contribution < 1.29 is 39.6 Å². The normalized spacial score (nSPS) is 10.6. The molecule has 0 fully saturated rings. The Morgan fingerprint density at radius 1 is 0.417 bits per heavy atom. The molecule has 4 rings (SSSR count). The summed E-state index contributed by atoms with van der Waals surface area (Å²) in [4.78, 5) is 50.3. The maximum atomic E-state index is 11.6. The molecule has 0 bridgehead atoms. The minimum atomic E-state index is -1.29. The lowest BCUT2D eigenvalue weighted by Gasteiger charge is -2.12. The molecule has 0 aliphatic carbocycles. The van der Waals surface area contributed by atoms with E-state index in [1.807, 2.05) is 0 Å². The zero-order chi connectivity index (χ0) is 26.0. The molecule has 36 heavy (non-hydrogen) atoms. The van der Waals surface area contributed by atoms with Crippen LogP contribution >= 0.6 is 0 Å². The molecule has 0 radical (unpaired) electrons. The molecule has 4 N–H and O–H groups in total. The van der Waals surface area contributed by atoms with Crippen molar-refractivity contribution in [1.29, 1.82) is 0 Å². The Balaban J connectivity index is 1.93. The van der Waals surface area contributed by atoms with Gasteiger partial charge in [0.25, 0.3) is 0 Å². The molecule has 0 amide bonds. The van der Waals surface area contributed by atoms with E-state index < -0.39 is 23.9 Å².